The minimum absolute atomic E-state index is 0.292. The molecular formula is C17H14FNO2. The van der Waals surface area contributed by atoms with Crippen LogP contribution >= 0.6 is 0 Å². The first-order chi connectivity index (χ1) is 10.0. The van der Waals surface area contributed by atoms with Crippen LogP contribution in [0.25, 0.3) is 10.9 Å². The van der Waals surface area contributed by atoms with Crippen LogP contribution in [0.3, 0.4) is 0 Å². The number of benzene rings is 2. The smallest absolute Gasteiger partial charge is 0.338 e. The number of nitrogens with zero attached hydrogens (tertiary/aromatic N) is 1. The van der Waals surface area contributed by atoms with Crippen molar-refractivity contribution in [3.8, 4) is 0 Å². The number of rotatable bonds is 3. The summed E-state index contributed by atoms with van der Waals surface area (Å²) in [5.41, 5.74) is 2.73. The van der Waals surface area contributed by atoms with E-state index in [-0.39, 0.29) is 5.56 Å². The van der Waals surface area contributed by atoms with Gasteiger partial charge in [-0.05, 0) is 48.2 Å². The average Bonchev–Trinajstić information content (AvgIpc) is 2.83. The third-order valence-electron chi connectivity index (χ3n) is 3.54. The molecule has 1 heterocycles. The highest BCUT2D eigenvalue weighted by Crippen LogP contribution is 2.19. The van der Waals surface area contributed by atoms with Gasteiger partial charge in [-0.3, -0.25) is 0 Å². The molecule has 0 bridgehead atoms. The van der Waals surface area contributed by atoms with Crippen LogP contribution in [0, 0.1) is 12.7 Å². The monoisotopic (exact) mass is 283 g/mol. The minimum Gasteiger partial charge on any atom is -0.478 e. The number of fused-ring (bicyclic) bond motifs is 1. The highest BCUT2D eigenvalue weighted by Gasteiger charge is 2.11. The maximum absolute atomic E-state index is 13.4. The zero-order valence-electron chi connectivity index (χ0n) is 11.5. The molecule has 0 atom stereocenters. The van der Waals surface area contributed by atoms with E-state index >= 15 is 0 Å². The van der Waals surface area contributed by atoms with E-state index in [2.05, 4.69) is 6.07 Å². The van der Waals surface area contributed by atoms with Crippen molar-refractivity contribution in [2.45, 2.75) is 13.5 Å². The van der Waals surface area contributed by atoms with Gasteiger partial charge >= 0.3 is 5.97 Å². The first kappa shape index (κ1) is 13.4. The molecule has 0 fully saturated rings. The lowest BCUT2D eigenvalue weighted by molar-refractivity contribution is 0.0691. The molecule has 3 nitrogen and oxygen atoms in total. The Labute approximate surface area is 121 Å². The number of carboxylic acids is 1. The Kier molecular flexibility index (Phi) is 3.22. The molecule has 4 heteroatoms. The standard InChI is InChI=1S/C17H14FNO2/c1-11-2-5-16-13(8-11)6-7-19(16)10-12-3-4-15(18)14(9-12)17(20)21/h2-9H,10H2,1H3,(H,20,21). The molecule has 0 radical (unpaired) electrons. The Hall–Kier alpha value is -2.62. The lowest BCUT2D eigenvalue weighted by Gasteiger charge is -2.07. The highest BCUT2D eigenvalue weighted by molar-refractivity contribution is 5.88. The molecule has 2 aromatic carbocycles. The quantitative estimate of drug-likeness (QED) is 0.793. The van der Waals surface area contributed by atoms with Crippen molar-refractivity contribution < 1.29 is 14.3 Å². The van der Waals surface area contributed by atoms with Crippen LogP contribution in [0.4, 0.5) is 4.39 Å². The number of hydrogen-bond donors (Lipinski definition) is 1. The van der Waals surface area contributed by atoms with Gasteiger partial charge in [0, 0.05) is 18.3 Å². The van der Waals surface area contributed by atoms with Crippen molar-refractivity contribution in [3.63, 3.8) is 0 Å². The van der Waals surface area contributed by atoms with Crippen molar-refractivity contribution in [3.05, 3.63) is 71.2 Å². The molecule has 0 amide bonds. The second-order valence-electron chi connectivity index (χ2n) is 5.13. The van der Waals surface area contributed by atoms with E-state index in [1.165, 1.54) is 17.7 Å². The number of carboxylic acid groups (broad SMARTS) is 1. The number of halogens is 1. The molecule has 0 saturated heterocycles. The number of aromatic nitrogens is 1. The van der Waals surface area contributed by atoms with Gasteiger partial charge in [0.25, 0.3) is 0 Å². The summed E-state index contributed by atoms with van der Waals surface area (Å²) in [6, 6.07) is 12.4. The summed E-state index contributed by atoms with van der Waals surface area (Å²) in [4.78, 5) is 11.0. The summed E-state index contributed by atoms with van der Waals surface area (Å²) in [7, 11) is 0. The fourth-order valence-electron chi connectivity index (χ4n) is 2.49. The average molecular weight is 283 g/mol. The van der Waals surface area contributed by atoms with Crippen LogP contribution in [0.1, 0.15) is 21.5 Å². The van der Waals surface area contributed by atoms with Crippen molar-refractivity contribution in [1.82, 2.24) is 4.57 Å². The topological polar surface area (TPSA) is 42.2 Å². The zero-order chi connectivity index (χ0) is 15.0. The van der Waals surface area contributed by atoms with Crippen LogP contribution in [0.15, 0.2) is 48.7 Å². The second kappa shape index (κ2) is 5.05. The van der Waals surface area contributed by atoms with Gasteiger partial charge in [-0.2, -0.15) is 0 Å². The van der Waals surface area contributed by atoms with Crippen LogP contribution in [0.2, 0.25) is 0 Å². The second-order valence-corrected chi connectivity index (χ2v) is 5.13. The summed E-state index contributed by atoms with van der Waals surface area (Å²) in [5.74, 6) is -1.96. The predicted octanol–water partition coefficient (Wildman–Crippen LogP) is 3.84. The number of aromatic carboxylic acids is 1. The van der Waals surface area contributed by atoms with Crippen molar-refractivity contribution in [2.24, 2.45) is 0 Å². The summed E-state index contributed by atoms with van der Waals surface area (Å²) < 4.78 is 15.4. The van der Waals surface area contributed by atoms with Gasteiger partial charge < -0.3 is 9.67 Å². The molecule has 0 aliphatic heterocycles. The molecule has 106 valence electrons. The number of hydrogen-bond acceptors (Lipinski definition) is 1. The maximum atomic E-state index is 13.4. The SMILES string of the molecule is Cc1ccc2c(ccn2Cc2ccc(F)c(C(=O)O)c2)c1. The zero-order valence-corrected chi connectivity index (χ0v) is 11.5. The first-order valence-corrected chi connectivity index (χ1v) is 6.62. The fraction of sp³-hybridized carbons (Fsp3) is 0.118. The normalized spacial score (nSPS) is 11.0. The van der Waals surface area contributed by atoms with Gasteiger partial charge in [0.15, 0.2) is 0 Å². The molecule has 0 saturated carbocycles. The Morgan fingerprint density at radius 2 is 2.00 bits per heavy atom. The van der Waals surface area contributed by atoms with Gasteiger partial charge in [-0.1, -0.05) is 17.7 Å². The van der Waals surface area contributed by atoms with Crippen molar-refractivity contribution in [1.29, 1.82) is 0 Å². The highest BCUT2D eigenvalue weighted by atomic mass is 19.1. The molecule has 3 aromatic rings. The Morgan fingerprint density at radius 1 is 1.19 bits per heavy atom. The van der Waals surface area contributed by atoms with E-state index in [9.17, 15) is 9.18 Å². The molecular weight excluding hydrogens is 269 g/mol. The van der Waals surface area contributed by atoms with Crippen LogP contribution < -0.4 is 0 Å². The molecule has 0 aliphatic carbocycles. The summed E-state index contributed by atoms with van der Waals surface area (Å²) in [6.45, 7) is 2.54. The molecule has 1 N–H and O–H groups in total. The van der Waals surface area contributed by atoms with Gasteiger partial charge in [0.05, 0.1) is 5.56 Å². The minimum atomic E-state index is -1.25. The van der Waals surface area contributed by atoms with E-state index < -0.39 is 11.8 Å². The van der Waals surface area contributed by atoms with E-state index in [0.29, 0.717) is 6.54 Å². The third kappa shape index (κ3) is 2.52. The molecule has 3 rings (SSSR count). The Bertz CT molecular complexity index is 836. The van der Waals surface area contributed by atoms with Crippen molar-refractivity contribution in [2.75, 3.05) is 0 Å². The van der Waals surface area contributed by atoms with E-state index in [4.69, 9.17) is 5.11 Å². The Morgan fingerprint density at radius 3 is 2.76 bits per heavy atom. The Balaban J connectivity index is 1.99. The molecule has 21 heavy (non-hydrogen) atoms. The fourth-order valence-corrected chi connectivity index (χ4v) is 2.49. The lowest BCUT2D eigenvalue weighted by Crippen LogP contribution is -2.04. The van der Waals surface area contributed by atoms with Crippen LogP contribution in [0.5, 0.6) is 0 Å². The van der Waals surface area contributed by atoms with E-state index in [1.54, 1.807) is 6.07 Å². The molecule has 0 spiro atoms. The molecule has 0 aliphatic rings. The van der Waals surface area contributed by atoms with E-state index in [1.807, 2.05) is 35.9 Å². The van der Waals surface area contributed by atoms with Gasteiger partial charge in [0.2, 0.25) is 0 Å². The largest absolute Gasteiger partial charge is 0.478 e. The van der Waals surface area contributed by atoms with Gasteiger partial charge in [-0.25, -0.2) is 9.18 Å². The van der Waals surface area contributed by atoms with Crippen LogP contribution in [-0.2, 0) is 6.54 Å². The van der Waals surface area contributed by atoms with Crippen LogP contribution in [-0.4, -0.2) is 15.6 Å². The van der Waals surface area contributed by atoms with E-state index in [0.717, 1.165) is 16.5 Å². The predicted molar refractivity (Wildman–Crippen MR) is 79.1 cm³/mol. The van der Waals surface area contributed by atoms with Gasteiger partial charge in [0.1, 0.15) is 5.82 Å². The number of aryl methyl sites for hydroxylation is 1. The lowest BCUT2D eigenvalue weighted by atomic mass is 10.1. The first-order valence-electron chi connectivity index (χ1n) is 6.62. The summed E-state index contributed by atoms with van der Waals surface area (Å²) in [5, 5.41) is 10.1. The summed E-state index contributed by atoms with van der Waals surface area (Å²) in [6.07, 6.45) is 1.95. The third-order valence-corrected chi connectivity index (χ3v) is 3.54. The summed E-state index contributed by atoms with van der Waals surface area (Å²) >= 11 is 0. The molecule has 0 unspecified atom stereocenters. The number of carbonyl (C=O) groups is 1. The van der Waals surface area contributed by atoms with Gasteiger partial charge in [-0.15, -0.1) is 0 Å². The maximum Gasteiger partial charge on any atom is 0.338 e. The van der Waals surface area contributed by atoms with Crippen molar-refractivity contribution >= 4 is 16.9 Å². The molecule has 1 aromatic heterocycles.